The van der Waals surface area contributed by atoms with Gasteiger partial charge in [0.1, 0.15) is 5.76 Å². The van der Waals surface area contributed by atoms with Gasteiger partial charge in [-0.25, -0.2) is 4.98 Å². The van der Waals surface area contributed by atoms with Gasteiger partial charge in [-0.3, -0.25) is 0 Å². The van der Waals surface area contributed by atoms with E-state index < -0.39 is 0 Å². The second-order valence-electron chi connectivity index (χ2n) is 4.37. The summed E-state index contributed by atoms with van der Waals surface area (Å²) in [4.78, 5) is 4.29. The monoisotopic (exact) mass is 248 g/mol. The fourth-order valence-electron chi connectivity index (χ4n) is 1.93. The predicted molar refractivity (Wildman–Crippen MR) is 67.0 cm³/mol. The molecule has 0 amide bonds. The second-order valence-corrected chi connectivity index (χ2v) is 4.81. The van der Waals surface area contributed by atoms with Gasteiger partial charge in [0.15, 0.2) is 0 Å². The lowest BCUT2D eigenvalue weighted by Crippen LogP contribution is -2.42. The lowest BCUT2D eigenvalue weighted by molar-refractivity contribution is 0.324. The van der Waals surface area contributed by atoms with Crippen molar-refractivity contribution in [3.63, 3.8) is 0 Å². The molecule has 0 bridgehead atoms. The van der Waals surface area contributed by atoms with Gasteiger partial charge in [0.25, 0.3) is 0 Å². The lowest BCUT2D eigenvalue weighted by Gasteiger charge is -2.25. The molecule has 0 unspecified atom stereocenters. The van der Waals surface area contributed by atoms with E-state index in [1.54, 1.807) is 0 Å². The summed E-state index contributed by atoms with van der Waals surface area (Å²) in [5, 5.41) is 3.95. The molecule has 1 fully saturated rings. The smallest absolute Gasteiger partial charge is 0.226 e. The zero-order valence-corrected chi connectivity index (χ0v) is 10.1. The Bertz CT molecular complexity index is 520. The number of hydrogen-bond acceptors (Lipinski definition) is 3. The molecular weight excluding hydrogens is 236 g/mol. The van der Waals surface area contributed by atoms with Crippen LogP contribution in [0.3, 0.4) is 0 Å². The van der Waals surface area contributed by atoms with Crippen LogP contribution in [0.4, 0.5) is 0 Å². The van der Waals surface area contributed by atoms with Crippen LogP contribution in [0.15, 0.2) is 34.9 Å². The first-order valence-electron chi connectivity index (χ1n) is 5.72. The minimum Gasteiger partial charge on any atom is -0.441 e. The van der Waals surface area contributed by atoms with Crippen LogP contribution in [0.1, 0.15) is 5.76 Å². The van der Waals surface area contributed by atoms with Crippen LogP contribution in [-0.2, 0) is 6.42 Å². The predicted octanol–water partition coefficient (Wildman–Crippen LogP) is 2.76. The largest absolute Gasteiger partial charge is 0.441 e. The Labute approximate surface area is 105 Å². The molecule has 0 atom stereocenters. The summed E-state index contributed by atoms with van der Waals surface area (Å²) >= 11 is 5.94. The first-order chi connectivity index (χ1) is 8.31. The van der Waals surface area contributed by atoms with E-state index in [1.165, 1.54) is 0 Å². The number of hydrogen-bond donors (Lipinski definition) is 1. The molecule has 3 nitrogen and oxygen atoms in total. The van der Waals surface area contributed by atoms with Gasteiger partial charge in [0, 0.05) is 17.0 Å². The van der Waals surface area contributed by atoms with Crippen molar-refractivity contribution < 1.29 is 4.42 Å². The molecule has 2 aromatic rings. The molecule has 1 aliphatic heterocycles. The Morgan fingerprint density at radius 2 is 2.29 bits per heavy atom. The Hall–Kier alpha value is -1.32. The molecule has 0 saturated carbocycles. The van der Waals surface area contributed by atoms with E-state index in [2.05, 4.69) is 10.3 Å². The number of rotatable bonds is 3. The number of oxazole rings is 1. The quantitative estimate of drug-likeness (QED) is 0.908. The SMILES string of the molecule is Clc1cccc(-c2ncc(CC3CNC3)o2)c1. The molecule has 17 heavy (non-hydrogen) atoms. The fourth-order valence-corrected chi connectivity index (χ4v) is 2.12. The molecule has 0 spiro atoms. The van der Waals surface area contributed by atoms with Gasteiger partial charge >= 0.3 is 0 Å². The lowest BCUT2D eigenvalue weighted by atomic mass is 9.98. The Kier molecular flexibility index (Phi) is 2.87. The third-order valence-corrected chi connectivity index (χ3v) is 3.22. The van der Waals surface area contributed by atoms with Crippen molar-refractivity contribution in [2.75, 3.05) is 13.1 Å². The van der Waals surface area contributed by atoms with Gasteiger partial charge in [0.05, 0.1) is 6.20 Å². The van der Waals surface area contributed by atoms with E-state index in [0.717, 1.165) is 30.8 Å². The van der Waals surface area contributed by atoms with Crippen LogP contribution >= 0.6 is 11.6 Å². The van der Waals surface area contributed by atoms with Crippen LogP contribution in [0.5, 0.6) is 0 Å². The van der Waals surface area contributed by atoms with Crippen molar-refractivity contribution in [3.05, 3.63) is 41.2 Å². The van der Waals surface area contributed by atoms with Gasteiger partial charge in [-0.2, -0.15) is 0 Å². The molecule has 1 aromatic heterocycles. The molecule has 3 rings (SSSR count). The highest BCUT2D eigenvalue weighted by Crippen LogP contribution is 2.23. The zero-order valence-electron chi connectivity index (χ0n) is 9.32. The maximum absolute atomic E-state index is 5.94. The number of halogens is 1. The number of benzene rings is 1. The highest BCUT2D eigenvalue weighted by atomic mass is 35.5. The summed E-state index contributed by atoms with van der Waals surface area (Å²) in [6.45, 7) is 2.15. The number of nitrogens with one attached hydrogen (secondary N) is 1. The topological polar surface area (TPSA) is 38.1 Å². The zero-order chi connectivity index (χ0) is 11.7. The van der Waals surface area contributed by atoms with Crippen LogP contribution in [0, 0.1) is 5.92 Å². The standard InChI is InChI=1S/C13H13ClN2O/c14-11-3-1-2-10(5-11)13-16-8-12(17-13)4-9-6-15-7-9/h1-3,5,8-9,15H,4,6-7H2. The summed E-state index contributed by atoms with van der Waals surface area (Å²) in [6.07, 6.45) is 2.77. The molecule has 1 N–H and O–H groups in total. The fraction of sp³-hybridized carbons (Fsp3) is 0.308. The van der Waals surface area contributed by atoms with Crippen molar-refractivity contribution in [3.8, 4) is 11.5 Å². The first kappa shape index (κ1) is 10.8. The van der Waals surface area contributed by atoms with E-state index in [-0.39, 0.29) is 0 Å². The van der Waals surface area contributed by atoms with Crippen molar-refractivity contribution in [1.29, 1.82) is 0 Å². The van der Waals surface area contributed by atoms with E-state index >= 15 is 0 Å². The van der Waals surface area contributed by atoms with Gasteiger partial charge in [-0.1, -0.05) is 17.7 Å². The second kappa shape index (κ2) is 4.51. The average molecular weight is 249 g/mol. The minimum atomic E-state index is 0.648. The molecule has 4 heteroatoms. The van der Waals surface area contributed by atoms with E-state index in [9.17, 15) is 0 Å². The maximum atomic E-state index is 5.94. The average Bonchev–Trinajstić information content (AvgIpc) is 2.72. The molecule has 1 saturated heterocycles. The summed E-state index contributed by atoms with van der Waals surface area (Å²) in [7, 11) is 0. The maximum Gasteiger partial charge on any atom is 0.226 e. The molecule has 0 radical (unpaired) electrons. The van der Waals surface area contributed by atoms with Gasteiger partial charge < -0.3 is 9.73 Å². The summed E-state index contributed by atoms with van der Waals surface area (Å²) in [6, 6.07) is 7.56. The Morgan fingerprint density at radius 3 is 3.00 bits per heavy atom. The third kappa shape index (κ3) is 2.35. The molecule has 0 aliphatic carbocycles. The summed E-state index contributed by atoms with van der Waals surface area (Å²) in [5.41, 5.74) is 0.926. The van der Waals surface area contributed by atoms with Gasteiger partial charge in [0.2, 0.25) is 5.89 Å². The molecule has 88 valence electrons. The highest BCUT2D eigenvalue weighted by molar-refractivity contribution is 6.30. The van der Waals surface area contributed by atoms with E-state index in [4.69, 9.17) is 16.0 Å². The highest BCUT2D eigenvalue weighted by Gasteiger charge is 2.19. The molecule has 2 heterocycles. The Balaban J connectivity index is 1.79. The summed E-state index contributed by atoms with van der Waals surface area (Å²) in [5.74, 6) is 2.29. The van der Waals surface area contributed by atoms with Crippen LogP contribution in [-0.4, -0.2) is 18.1 Å². The Morgan fingerprint density at radius 1 is 1.41 bits per heavy atom. The summed E-state index contributed by atoms with van der Waals surface area (Å²) < 4.78 is 5.73. The van der Waals surface area contributed by atoms with Crippen molar-refractivity contribution >= 4 is 11.6 Å². The molecular formula is C13H13ClN2O. The van der Waals surface area contributed by atoms with Crippen molar-refractivity contribution in [2.24, 2.45) is 5.92 Å². The normalized spacial score (nSPS) is 15.8. The first-order valence-corrected chi connectivity index (χ1v) is 6.10. The third-order valence-electron chi connectivity index (χ3n) is 2.98. The van der Waals surface area contributed by atoms with E-state index in [0.29, 0.717) is 16.8 Å². The molecule has 1 aromatic carbocycles. The number of aromatic nitrogens is 1. The van der Waals surface area contributed by atoms with E-state index in [1.807, 2.05) is 30.5 Å². The van der Waals surface area contributed by atoms with Crippen LogP contribution < -0.4 is 5.32 Å². The van der Waals surface area contributed by atoms with Crippen molar-refractivity contribution in [1.82, 2.24) is 10.3 Å². The minimum absolute atomic E-state index is 0.648. The van der Waals surface area contributed by atoms with Gasteiger partial charge in [-0.05, 0) is 37.2 Å². The van der Waals surface area contributed by atoms with Crippen LogP contribution in [0.25, 0.3) is 11.5 Å². The van der Waals surface area contributed by atoms with Crippen LogP contribution in [0.2, 0.25) is 5.02 Å². The van der Waals surface area contributed by atoms with Crippen molar-refractivity contribution in [2.45, 2.75) is 6.42 Å². The van der Waals surface area contributed by atoms with Gasteiger partial charge in [-0.15, -0.1) is 0 Å². The number of nitrogens with zero attached hydrogens (tertiary/aromatic N) is 1. The molecule has 1 aliphatic rings.